The van der Waals surface area contributed by atoms with Crippen molar-refractivity contribution in [1.29, 1.82) is 0 Å². The van der Waals surface area contributed by atoms with Gasteiger partial charge in [-0.15, -0.1) is 0 Å². The van der Waals surface area contributed by atoms with Crippen LogP contribution < -0.4 is 0 Å². The van der Waals surface area contributed by atoms with E-state index in [0.29, 0.717) is 0 Å². The number of carboxylic acids is 1. The Hall–Kier alpha value is -1.32. The Balaban J connectivity index is 2.96. The number of aromatic carboxylic acids is 1. The van der Waals surface area contributed by atoms with Crippen molar-refractivity contribution in [2.75, 3.05) is 0 Å². The van der Waals surface area contributed by atoms with Gasteiger partial charge in [-0.05, 0) is 6.42 Å². The molecule has 1 aromatic rings. The first-order chi connectivity index (χ1) is 5.66. The molecule has 0 aromatic carbocycles. The lowest BCUT2D eigenvalue weighted by Gasteiger charge is -2.00. The molecule has 0 unspecified atom stereocenters. The van der Waals surface area contributed by atoms with Gasteiger partial charge in [-0.3, -0.25) is 0 Å². The predicted molar refractivity (Wildman–Crippen MR) is 44.2 cm³/mol. The summed E-state index contributed by atoms with van der Waals surface area (Å²) in [5, 5.41) is 8.69. The molecule has 0 radical (unpaired) electrons. The number of imidazole rings is 1. The Morgan fingerprint density at radius 3 is 2.83 bits per heavy atom. The van der Waals surface area contributed by atoms with E-state index in [1.165, 1.54) is 6.20 Å². The molecule has 0 bridgehead atoms. The minimum Gasteiger partial charge on any atom is -0.477 e. The van der Waals surface area contributed by atoms with Crippen LogP contribution in [0.25, 0.3) is 0 Å². The van der Waals surface area contributed by atoms with Crippen molar-refractivity contribution in [3.8, 4) is 0 Å². The Bertz CT molecular complexity index is 291. The normalized spacial score (nSPS) is 10.2. The fourth-order valence-electron chi connectivity index (χ4n) is 1.10. The van der Waals surface area contributed by atoms with Gasteiger partial charge in [-0.25, -0.2) is 9.78 Å². The van der Waals surface area contributed by atoms with Crippen LogP contribution in [-0.2, 0) is 13.5 Å². The Morgan fingerprint density at radius 1 is 1.75 bits per heavy atom. The Labute approximate surface area is 70.9 Å². The third-order valence-corrected chi connectivity index (χ3v) is 1.78. The summed E-state index contributed by atoms with van der Waals surface area (Å²) in [5.41, 5.74) is 0.249. The molecule has 0 aliphatic carbocycles. The van der Waals surface area contributed by atoms with E-state index in [0.717, 1.165) is 18.7 Å². The summed E-state index contributed by atoms with van der Waals surface area (Å²) < 4.78 is 1.62. The number of nitrogens with zero attached hydrogens (tertiary/aromatic N) is 2. The van der Waals surface area contributed by atoms with Gasteiger partial charge < -0.3 is 9.67 Å². The van der Waals surface area contributed by atoms with Gasteiger partial charge in [-0.2, -0.15) is 0 Å². The van der Waals surface area contributed by atoms with Crippen LogP contribution in [0.15, 0.2) is 6.20 Å². The summed E-state index contributed by atoms with van der Waals surface area (Å²) in [6.07, 6.45) is 3.20. The highest BCUT2D eigenvalue weighted by molar-refractivity contribution is 5.85. The number of carboxylic acid groups (broad SMARTS) is 1. The van der Waals surface area contributed by atoms with Gasteiger partial charge in [0.25, 0.3) is 0 Å². The number of hydrogen-bond donors (Lipinski definition) is 1. The number of aryl methyl sites for hydroxylation is 1. The fourth-order valence-corrected chi connectivity index (χ4v) is 1.10. The van der Waals surface area contributed by atoms with Crippen LogP contribution in [-0.4, -0.2) is 20.6 Å². The zero-order valence-corrected chi connectivity index (χ0v) is 7.24. The van der Waals surface area contributed by atoms with Gasteiger partial charge in [-0.1, -0.05) is 6.92 Å². The smallest absolute Gasteiger partial charge is 0.354 e. The third kappa shape index (κ3) is 1.47. The van der Waals surface area contributed by atoms with Crippen LogP contribution >= 0.6 is 0 Å². The van der Waals surface area contributed by atoms with E-state index in [-0.39, 0.29) is 5.69 Å². The topological polar surface area (TPSA) is 55.1 Å². The molecular weight excluding hydrogens is 156 g/mol. The molecular formula is C8H12N2O2. The second-order valence-electron chi connectivity index (χ2n) is 2.67. The largest absolute Gasteiger partial charge is 0.477 e. The molecule has 0 saturated heterocycles. The van der Waals surface area contributed by atoms with E-state index < -0.39 is 5.97 Å². The van der Waals surface area contributed by atoms with Crippen LogP contribution in [0, 0.1) is 0 Å². The molecule has 0 saturated carbocycles. The number of rotatable bonds is 3. The molecule has 0 amide bonds. The van der Waals surface area contributed by atoms with Crippen LogP contribution in [0.4, 0.5) is 0 Å². The van der Waals surface area contributed by atoms with Gasteiger partial charge in [0.15, 0.2) is 0 Å². The Kier molecular flexibility index (Phi) is 2.47. The highest BCUT2D eigenvalue weighted by Gasteiger charge is 2.10. The molecule has 0 aliphatic heterocycles. The number of carbonyl (C=O) groups is 1. The first kappa shape index (κ1) is 8.77. The van der Waals surface area contributed by atoms with Crippen LogP contribution in [0.1, 0.15) is 29.7 Å². The first-order valence-corrected chi connectivity index (χ1v) is 3.90. The molecule has 1 N–H and O–H groups in total. The monoisotopic (exact) mass is 168 g/mol. The summed E-state index contributed by atoms with van der Waals surface area (Å²) in [4.78, 5) is 14.6. The molecule has 0 fully saturated rings. The van der Waals surface area contributed by atoms with Crippen molar-refractivity contribution in [1.82, 2.24) is 9.55 Å². The van der Waals surface area contributed by atoms with Crippen molar-refractivity contribution in [2.24, 2.45) is 7.05 Å². The lowest BCUT2D eigenvalue weighted by Crippen LogP contribution is -2.06. The van der Waals surface area contributed by atoms with Crippen molar-refractivity contribution in [3.05, 3.63) is 17.7 Å². The molecule has 0 atom stereocenters. The fraction of sp³-hybridized carbons (Fsp3) is 0.500. The summed E-state index contributed by atoms with van der Waals surface area (Å²) in [6, 6.07) is 0. The molecule has 66 valence electrons. The second-order valence-corrected chi connectivity index (χ2v) is 2.67. The first-order valence-electron chi connectivity index (χ1n) is 3.90. The zero-order valence-electron chi connectivity index (χ0n) is 7.24. The maximum Gasteiger partial charge on any atom is 0.354 e. The SMILES string of the molecule is CCCc1ncc(C(=O)O)n1C. The molecule has 0 spiro atoms. The lowest BCUT2D eigenvalue weighted by atomic mass is 10.3. The summed E-state index contributed by atoms with van der Waals surface area (Å²) in [7, 11) is 1.72. The summed E-state index contributed by atoms with van der Waals surface area (Å²) in [5.74, 6) is -0.0951. The van der Waals surface area contributed by atoms with Crippen molar-refractivity contribution >= 4 is 5.97 Å². The lowest BCUT2D eigenvalue weighted by molar-refractivity contribution is 0.0686. The average molecular weight is 168 g/mol. The second kappa shape index (κ2) is 3.38. The summed E-state index contributed by atoms with van der Waals surface area (Å²) in [6.45, 7) is 2.04. The predicted octanol–water partition coefficient (Wildman–Crippen LogP) is 1.07. The quantitative estimate of drug-likeness (QED) is 0.734. The molecule has 1 aromatic heterocycles. The van der Waals surface area contributed by atoms with E-state index >= 15 is 0 Å². The maximum absolute atomic E-state index is 10.6. The van der Waals surface area contributed by atoms with Crippen molar-refractivity contribution < 1.29 is 9.90 Å². The number of hydrogen-bond acceptors (Lipinski definition) is 2. The van der Waals surface area contributed by atoms with E-state index in [9.17, 15) is 4.79 Å². The highest BCUT2D eigenvalue weighted by Crippen LogP contribution is 2.04. The molecule has 4 nitrogen and oxygen atoms in total. The van der Waals surface area contributed by atoms with Crippen LogP contribution in [0.2, 0.25) is 0 Å². The zero-order chi connectivity index (χ0) is 9.14. The van der Waals surface area contributed by atoms with Crippen molar-refractivity contribution in [2.45, 2.75) is 19.8 Å². The third-order valence-electron chi connectivity index (χ3n) is 1.78. The van der Waals surface area contributed by atoms with Crippen LogP contribution in [0.3, 0.4) is 0 Å². The summed E-state index contributed by atoms with van der Waals surface area (Å²) >= 11 is 0. The van der Waals surface area contributed by atoms with Crippen molar-refractivity contribution in [3.63, 3.8) is 0 Å². The van der Waals surface area contributed by atoms with E-state index in [1.54, 1.807) is 11.6 Å². The van der Waals surface area contributed by atoms with Crippen LogP contribution in [0.5, 0.6) is 0 Å². The van der Waals surface area contributed by atoms with Gasteiger partial charge in [0.1, 0.15) is 11.5 Å². The van der Waals surface area contributed by atoms with E-state index in [4.69, 9.17) is 5.11 Å². The molecule has 0 aliphatic rings. The molecule has 12 heavy (non-hydrogen) atoms. The van der Waals surface area contributed by atoms with E-state index in [2.05, 4.69) is 4.98 Å². The standard InChI is InChI=1S/C8H12N2O2/c1-3-4-7-9-5-6(8(11)12)10(7)2/h5H,3-4H2,1-2H3,(H,11,12). The Morgan fingerprint density at radius 2 is 2.42 bits per heavy atom. The maximum atomic E-state index is 10.6. The van der Waals surface area contributed by atoms with Gasteiger partial charge in [0, 0.05) is 13.5 Å². The van der Waals surface area contributed by atoms with Gasteiger partial charge in [0.05, 0.1) is 6.20 Å². The average Bonchev–Trinajstić information content (AvgIpc) is 2.34. The van der Waals surface area contributed by atoms with E-state index in [1.807, 2.05) is 6.92 Å². The minimum absolute atomic E-state index is 0.249. The van der Waals surface area contributed by atoms with Gasteiger partial charge >= 0.3 is 5.97 Å². The van der Waals surface area contributed by atoms with Gasteiger partial charge in [0.2, 0.25) is 0 Å². The highest BCUT2D eigenvalue weighted by atomic mass is 16.4. The molecule has 1 heterocycles. The minimum atomic E-state index is -0.924. The molecule has 4 heteroatoms. The number of aromatic nitrogens is 2. The molecule has 1 rings (SSSR count).